The van der Waals surface area contributed by atoms with Crippen molar-refractivity contribution in [1.82, 2.24) is 0 Å². The minimum atomic E-state index is -2.97. The molecular formula is C14H27BrO2S. The van der Waals surface area contributed by atoms with Crippen LogP contribution in [-0.4, -0.2) is 23.7 Å². The molecule has 4 heteroatoms. The summed E-state index contributed by atoms with van der Waals surface area (Å²) in [6.07, 6.45) is 5.70. The summed E-state index contributed by atoms with van der Waals surface area (Å²) in [5.41, 5.74) is 0. The Kier molecular flexibility index (Phi) is 5.73. The van der Waals surface area contributed by atoms with Gasteiger partial charge in [-0.2, -0.15) is 0 Å². The third-order valence-corrected chi connectivity index (χ3v) is 8.11. The van der Waals surface area contributed by atoms with Crippen LogP contribution in [0.1, 0.15) is 59.8 Å². The van der Waals surface area contributed by atoms with Gasteiger partial charge in [-0.3, -0.25) is 0 Å². The minimum Gasteiger partial charge on any atom is -0.228 e. The lowest BCUT2D eigenvalue weighted by atomic mass is 9.79. The summed E-state index contributed by atoms with van der Waals surface area (Å²) in [5.74, 6) is 1.65. The first-order chi connectivity index (χ1) is 8.17. The highest BCUT2D eigenvalue weighted by Crippen LogP contribution is 2.37. The molecule has 0 radical (unpaired) electrons. The Morgan fingerprint density at radius 3 is 2.33 bits per heavy atom. The summed E-state index contributed by atoms with van der Waals surface area (Å²) in [7, 11) is -2.97. The summed E-state index contributed by atoms with van der Waals surface area (Å²) in [6.45, 7) is 7.62. The average Bonchev–Trinajstić information content (AvgIpc) is 2.26. The van der Waals surface area contributed by atoms with Crippen molar-refractivity contribution in [3.05, 3.63) is 0 Å². The highest BCUT2D eigenvalue weighted by Gasteiger charge is 2.33. The van der Waals surface area contributed by atoms with E-state index in [-0.39, 0.29) is 0 Å². The second-order valence-corrected chi connectivity index (χ2v) is 10.6. The quantitative estimate of drug-likeness (QED) is 0.720. The SMILES string of the molecule is CCC1CCC(Br)C(CCS(=O)(=O)C(C)(C)C)C1. The van der Waals surface area contributed by atoms with Crippen LogP contribution < -0.4 is 0 Å². The number of hydrogen-bond acceptors (Lipinski definition) is 2. The molecule has 0 aromatic rings. The van der Waals surface area contributed by atoms with Crippen molar-refractivity contribution < 1.29 is 8.42 Å². The van der Waals surface area contributed by atoms with Crippen molar-refractivity contribution >= 4 is 25.8 Å². The van der Waals surface area contributed by atoms with Gasteiger partial charge in [0.1, 0.15) is 0 Å². The van der Waals surface area contributed by atoms with Gasteiger partial charge in [0.2, 0.25) is 0 Å². The van der Waals surface area contributed by atoms with Crippen LogP contribution in [0.5, 0.6) is 0 Å². The van der Waals surface area contributed by atoms with Crippen molar-refractivity contribution in [1.29, 1.82) is 0 Å². The van der Waals surface area contributed by atoms with Crippen molar-refractivity contribution in [2.24, 2.45) is 11.8 Å². The number of hydrogen-bond donors (Lipinski definition) is 0. The fourth-order valence-corrected chi connectivity index (χ4v) is 4.58. The van der Waals surface area contributed by atoms with Crippen molar-refractivity contribution in [2.45, 2.75) is 69.4 Å². The molecule has 0 aromatic heterocycles. The molecule has 0 N–H and O–H groups in total. The Morgan fingerprint density at radius 1 is 1.22 bits per heavy atom. The van der Waals surface area contributed by atoms with Gasteiger partial charge >= 0.3 is 0 Å². The van der Waals surface area contributed by atoms with Gasteiger partial charge in [-0.15, -0.1) is 0 Å². The second kappa shape index (κ2) is 6.25. The monoisotopic (exact) mass is 338 g/mol. The molecule has 1 saturated carbocycles. The standard InChI is InChI=1S/C14H27BrO2S/c1-5-11-6-7-13(15)12(10-11)8-9-18(16,17)14(2,3)4/h11-13H,5-10H2,1-4H3. The van der Waals surface area contributed by atoms with Gasteiger partial charge in [0.15, 0.2) is 9.84 Å². The molecule has 3 unspecified atom stereocenters. The lowest BCUT2D eigenvalue weighted by Gasteiger charge is -2.33. The van der Waals surface area contributed by atoms with Crippen LogP contribution in [0.4, 0.5) is 0 Å². The van der Waals surface area contributed by atoms with Gasteiger partial charge in [-0.1, -0.05) is 29.3 Å². The molecule has 1 rings (SSSR count). The van der Waals surface area contributed by atoms with Gasteiger partial charge in [-0.05, 0) is 58.3 Å². The first kappa shape index (κ1) is 16.5. The van der Waals surface area contributed by atoms with E-state index in [9.17, 15) is 8.42 Å². The molecule has 1 fully saturated rings. The molecule has 3 atom stereocenters. The van der Waals surface area contributed by atoms with Crippen LogP contribution in [0, 0.1) is 11.8 Å². The normalized spacial score (nSPS) is 30.4. The van der Waals surface area contributed by atoms with Crippen LogP contribution in [0.25, 0.3) is 0 Å². The van der Waals surface area contributed by atoms with Gasteiger partial charge in [0.25, 0.3) is 0 Å². The fourth-order valence-electron chi connectivity index (χ4n) is 2.61. The maximum absolute atomic E-state index is 12.1. The van der Waals surface area contributed by atoms with Crippen LogP contribution in [0.15, 0.2) is 0 Å². The van der Waals surface area contributed by atoms with E-state index in [1.54, 1.807) is 20.8 Å². The van der Waals surface area contributed by atoms with Crippen LogP contribution >= 0.6 is 15.9 Å². The Balaban J connectivity index is 2.57. The van der Waals surface area contributed by atoms with E-state index in [0.717, 1.165) is 12.3 Å². The summed E-state index contributed by atoms with van der Waals surface area (Å²) in [5, 5.41) is 0. The predicted octanol–water partition coefficient (Wildman–Crippen LogP) is 4.18. The topological polar surface area (TPSA) is 34.1 Å². The van der Waals surface area contributed by atoms with Crippen molar-refractivity contribution in [3.63, 3.8) is 0 Å². The van der Waals surface area contributed by atoms with Crippen LogP contribution in [0.2, 0.25) is 0 Å². The lowest BCUT2D eigenvalue weighted by molar-refractivity contribution is 0.267. The molecule has 0 bridgehead atoms. The Hall–Kier alpha value is 0.430. The second-order valence-electron chi connectivity index (χ2n) is 6.58. The van der Waals surface area contributed by atoms with E-state index in [2.05, 4.69) is 22.9 Å². The first-order valence-corrected chi connectivity index (χ1v) is 9.60. The molecule has 2 nitrogen and oxygen atoms in total. The molecule has 0 heterocycles. The maximum atomic E-state index is 12.1. The van der Waals surface area contributed by atoms with E-state index >= 15 is 0 Å². The predicted molar refractivity (Wildman–Crippen MR) is 82.0 cm³/mol. The zero-order chi connectivity index (χ0) is 14.0. The number of alkyl halides is 1. The molecular weight excluding hydrogens is 312 g/mol. The van der Waals surface area contributed by atoms with Crippen LogP contribution in [0.3, 0.4) is 0 Å². The first-order valence-electron chi connectivity index (χ1n) is 7.03. The molecule has 0 spiro atoms. The minimum absolute atomic E-state index is 0.333. The third kappa shape index (κ3) is 4.22. The molecule has 0 aromatic carbocycles. The van der Waals surface area contributed by atoms with Gasteiger partial charge < -0.3 is 0 Å². The van der Waals surface area contributed by atoms with Crippen molar-refractivity contribution in [3.8, 4) is 0 Å². The van der Waals surface area contributed by atoms with Crippen LogP contribution in [-0.2, 0) is 9.84 Å². The van der Waals surface area contributed by atoms with E-state index < -0.39 is 14.6 Å². The van der Waals surface area contributed by atoms with E-state index in [0.29, 0.717) is 16.5 Å². The molecule has 0 saturated heterocycles. The molecule has 0 aliphatic heterocycles. The summed E-state index contributed by atoms with van der Waals surface area (Å²) >= 11 is 3.73. The van der Waals surface area contributed by atoms with E-state index in [1.807, 2.05) is 0 Å². The number of sulfone groups is 1. The Bertz CT molecular complexity index is 356. The van der Waals surface area contributed by atoms with Gasteiger partial charge in [0.05, 0.1) is 10.5 Å². The largest absolute Gasteiger partial charge is 0.228 e. The molecule has 108 valence electrons. The average molecular weight is 339 g/mol. The number of rotatable bonds is 4. The molecule has 18 heavy (non-hydrogen) atoms. The lowest BCUT2D eigenvalue weighted by Crippen LogP contribution is -2.33. The number of halogens is 1. The zero-order valence-electron chi connectivity index (χ0n) is 12.1. The van der Waals surface area contributed by atoms with E-state index in [4.69, 9.17) is 0 Å². The molecule has 1 aliphatic rings. The highest BCUT2D eigenvalue weighted by atomic mass is 79.9. The summed E-state index contributed by atoms with van der Waals surface area (Å²) in [4.78, 5) is 0.510. The third-order valence-electron chi connectivity index (χ3n) is 4.27. The zero-order valence-corrected chi connectivity index (χ0v) is 14.5. The Labute approximate surface area is 121 Å². The fraction of sp³-hybridized carbons (Fsp3) is 1.00. The van der Waals surface area contributed by atoms with Crippen molar-refractivity contribution in [2.75, 3.05) is 5.75 Å². The smallest absolute Gasteiger partial charge is 0.155 e. The summed E-state index contributed by atoms with van der Waals surface area (Å²) in [6, 6.07) is 0. The highest BCUT2D eigenvalue weighted by molar-refractivity contribution is 9.09. The Morgan fingerprint density at radius 2 is 1.83 bits per heavy atom. The molecule has 1 aliphatic carbocycles. The van der Waals surface area contributed by atoms with Gasteiger partial charge in [0, 0.05) is 4.83 Å². The molecule has 0 amide bonds. The van der Waals surface area contributed by atoms with E-state index in [1.165, 1.54) is 25.7 Å². The van der Waals surface area contributed by atoms with Gasteiger partial charge in [-0.25, -0.2) is 8.42 Å². The maximum Gasteiger partial charge on any atom is 0.155 e. The summed E-state index contributed by atoms with van der Waals surface area (Å²) < 4.78 is 23.7.